The average Bonchev–Trinajstić information content (AvgIpc) is 2.74. The summed E-state index contributed by atoms with van der Waals surface area (Å²) in [6.07, 6.45) is 0.485. The van der Waals surface area contributed by atoms with Gasteiger partial charge in [-0.15, -0.1) is 0 Å². The second-order valence-corrected chi connectivity index (χ2v) is 6.56. The highest BCUT2D eigenvalue weighted by Gasteiger charge is 2.21. The third kappa shape index (κ3) is 5.65. The van der Waals surface area contributed by atoms with Gasteiger partial charge in [0.05, 0.1) is 12.3 Å². The second-order valence-electron chi connectivity index (χ2n) is 6.56. The van der Waals surface area contributed by atoms with Gasteiger partial charge in [-0.1, -0.05) is 60.7 Å². The summed E-state index contributed by atoms with van der Waals surface area (Å²) < 4.78 is 19.5. The van der Waals surface area contributed by atoms with Gasteiger partial charge in [0.1, 0.15) is 17.6 Å². The van der Waals surface area contributed by atoms with E-state index in [4.69, 9.17) is 4.74 Å². The summed E-state index contributed by atoms with van der Waals surface area (Å²) in [4.78, 5) is 13.1. The Morgan fingerprint density at radius 2 is 1.66 bits per heavy atom. The summed E-state index contributed by atoms with van der Waals surface area (Å²) >= 11 is 0. The van der Waals surface area contributed by atoms with Crippen molar-refractivity contribution in [2.45, 2.75) is 19.4 Å². The van der Waals surface area contributed by atoms with Gasteiger partial charge < -0.3 is 15.4 Å². The zero-order valence-corrected chi connectivity index (χ0v) is 16.4. The number of anilines is 1. The number of halogens is 1. The molecule has 3 aromatic carbocycles. The first-order valence-corrected chi connectivity index (χ1v) is 9.73. The lowest BCUT2D eigenvalue weighted by Gasteiger charge is -2.20. The molecule has 0 aliphatic carbocycles. The zero-order chi connectivity index (χ0) is 20.5. The Morgan fingerprint density at radius 1 is 0.966 bits per heavy atom. The number of carbonyl (C=O) groups excluding carboxylic acids is 1. The maximum atomic E-state index is 13.9. The predicted molar refractivity (Wildman–Crippen MR) is 114 cm³/mol. The van der Waals surface area contributed by atoms with Crippen LogP contribution in [0.3, 0.4) is 0 Å². The molecule has 0 unspecified atom stereocenters. The van der Waals surface area contributed by atoms with E-state index in [0.29, 0.717) is 36.6 Å². The summed E-state index contributed by atoms with van der Waals surface area (Å²) in [5.41, 5.74) is 2.08. The second kappa shape index (κ2) is 10.4. The van der Waals surface area contributed by atoms with Crippen LogP contribution in [0.5, 0.6) is 5.75 Å². The van der Waals surface area contributed by atoms with Gasteiger partial charge in [-0.25, -0.2) is 4.39 Å². The summed E-state index contributed by atoms with van der Waals surface area (Å²) in [6, 6.07) is 22.9. The topological polar surface area (TPSA) is 50.4 Å². The van der Waals surface area contributed by atoms with Crippen LogP contribution < -0.4 is 15.4 Å². The Kier molecular flexibility index (Phi) is 7.36. The van der Waals surface area contributed by atoms with Crippen molar-refractivity contribution in [3.05, 3.63) is 95.8 Å². The third-order valence-corrected chi connectivity index (χ3v) is 4.54. The number of nitrogens with one attached hydrogen (secondary N) is 2. The van der Waals surface area contributed by atoms with E-state index in [1.807, 2.05) is 67.6 Å². The maximum absolute atomic E-state index is 13.9. The fourth-order valence-electron chi connectivity index (χ4n) is 3.12. The van der Waals surface area contributed by atoms with Gasteiger partial charge >= 0.3 is 0 Å². The summed E-state index contributed by atoms with van der Waals surface area (Å²) in [5, 5.41) is 6.22. The Bertz CT molecular complexity index is 931. The molecule has 150 valence electrons. The number of para-hydroxylation sites is 2. The van der Waals surface area contributed by atoms with E-state index in [9.17, 15) is 9.18 Å². The zero-order valence-electron chi connectivity index (χ0n) is 16.4. The molecule has 3 rings (SSSR count). The molecule has 0 aromatic heterocycles. The number of hydrogen-bond donors (Lipinski definition) is 2. The van der Waals surface area contributed by atoms with E-state index in [1.54, 1.807) is 12.1 Å². The lowest BCUT2D eigenvalue weighted by atomic mass is 10.0. The molecular formula is C24H25FN2O2. The van der Waals surface area contributed by atoms with Crippen LogP contribution >= 0.6 is 0 Å². The number of rotatable bonds is 9. The predicted octanol–water partition coefficient (Wildman–Crippen LogP) is 4.74. The number of ether oxygens (including phenoxy) is 1. The van der Waals surface area contributed by atoms with Crippen LogP contribution in [0.4, 0.5) is 10.1 Å². The van der Waals surface area contributed by atoms with E-state index in [1.165, 1.54) is 6.07 Å². The fraction of sp³-hybridized carbons (Fsp3) is 0.208. The molecule has 1 atom stereocenters. The molecule has 0 fully saturated rings. The lowest BCUT2D eigenvalue weighted by Crippen LogP contribution is -2.34. The molecule has 3 aromatic rings. The monoisotopic (exact) mass is 392 g/mol. The first-order valence-electron chi connectivity index (χ1n) is 9.73. The van der Waals surface area contributed by atoms with Crippen LogP contribution in [0, 0.1) is 5.82 Å². The van der Waals surface area contributed by atoms with Crippen LogP contribution in [-0.4, -0.2) is 19.1 Å². The number of carbonyl (C=O) groups is 1. The van der Waals surface area contributed by atoms with Crippen molar-refractivity contribution in [1.29, 1.82) is 0 Å². The van der Waals surface area contributed by atoms with Crippen molar-refractivity contribution in [3.8, 4) is 5.75 Å². The third-order valence-electron chi connectivity index (χ3n) is 4.54. The highest BCUT2D eigenvalue weighted by atomic mass is 19.1. The summed E-state index contributed by atoms with van der Waals surface area (Å²) in [7, 11) is 0. The van der Waals surface area contributed by atoms with E-state index >= 15 is 0 Å². The van der Waals surface area contributed by atoms with Gasteiger partial charge in [-0.3, -0.25) is 4.79 Å². The van der Waals surface area contributed by atoms with Gasteiger partial charge in [-0.2, -0.15) is 0 Å². The van der Waals surface area contributed by atoms with Crippen molar-refractivity contribution < 1.29 is 13.9 Å². The average molecular weight is 392 g/mol. The molecule has 0 aliphatic heterocycles. The normalized spacial score (nSPS) is 11.7. The molecular weight excluding hydrogens is 367 g/mol. The standard InChI is InChI=1S/C24H25FN2O2/c1-2-29-22-15-9-8-14-21(22)27-24(28)23(19-11-4-3-5-12-19)26-17-16-18-10-6-7-13-20(18)25/h3-15,23,26H,2,16-17H2,1H3,(H,27,28)/t23-/m1/s1. The molecule has 29 heavy (non-hydrogen) atoms. The summed E-state index contributed by atoms with van der Waals surface area (Å²) in [6.45, 7) is 2.87. The molecule has 0 radical (unpaired) electrons. The Labute approximate surface area is 170 Å². The Balaban J connectivity index is 1.73. The van der Waals surface area contributed by atoms with E-state index < -0.39 is 6.04 Å². The van der Waals surface area contributed by atoms with Gasteiger partial charge in [0, 0.05) is 6.54 Å². The van der Waals surface area contributed by atoms with E-state index in [2.05, 4.69) is 10.6 Å². The first-order chi connectivity index (χ1) is 14.2. The Morgan fingerprint density at radius 3 is 2.41 bits per heavy atom. The van der Waals surface area contributed by atoms with Crippen molar-refractivity contribution in [2.75, 3.05) is 18.5 Å². The van der Waals surface area contributed by atoms with Crippen molar-refractivity contribution in [3.63, 3.8) is 0 Å². The van der Waals surface area contributed by atoms with Crippen molar-refractivity contribution >= 4 is 11.6 Å². The van der Waals surface area contributed by atoms with Crippen LogP contribution in [0.25, 0.3) is 0 Å². The van der Waals surface area contributed by atoms with Gasteiger partial charge in [0.2, 0.25) is 5.91 Å². The van der Waals surface area contributed by atoms with Gasteiger partial charge in [0.15, 0.2) is 0 Å². The molecule has 4 nitrogen and oxygen atoms in total. The minimum Gasteiger partial charge on any atom is -0.492 e. The molecule has 5 heteroatoms. The number of hydrogen-bond acceptors (Lipinski definition) is 3. The largest absolute Gasteiger partial charge is 0.492 e. The minimum atomic E-state index is -0.572. The number of benzene rings is 3. The molecule has 0 aliphatic rings. The number of amides is 1. The van der Waals surface area contributed by atoms with Crippen LogP contribution in [-0.2, 0) is 11.2 Å². The van der Waals surface area contributed by atoms with Crippen LogP contribution in [0.2, 0.25) is 0 Å². The molecule has 1 amide bonds. The van der Waals surface area contributed by atoms with Crippen molar-refractivity contribution in [1.82, 2.24) is 5.32 Å². The molecule has 0 heterocycles. The fourth-order valence-corrected chi connectivity index (χ4v) is 3.12. The van der Waals surface area contributed by atoms with Gasteiger partial charge in [0.25, 0.3) is 0 Å². The smallest absolute Gasteiger partial charge is 0.246 e. The lowest BCUT2D eigenvalue weighted by molar-refractivity contribution is -0.118. The van der Waals surface area contributed by atoms with E-state index in [0.717, 1.165) is 5.56 Å². The van der Waals surface area contributed by atoms with Crippen LogP contribution in [0.15, 0.2) is 78.9 Å². The highest BCUT2D eigenvalue weighted by molar-refractivity contribution is 5.96. The summed E-state index contributed by atoms with van der Waals surface area (Å²) in [5.74, 6) is 0.194. The van der Waals surface area contributed by atoms with Crippen LogP contribution in [0.1, 0.15) is 24.1 Å². The molecule has 0 saturated heterocycles. The molecule has 0 spiro atoms. The molecule has 0 saturated carbocycles. The molecule has 0 bridgehead atoms. The SMILES string of the molecule is CCOc1ccccc1NC(=O)[C@H](NCCc1ccccc1F)c1ccccc1. The highest BCUT2D eigenvalue weighted by Crippen LogP contribution is 2.25. The quantitative estimate of drug-likeness (QED) is 0.553. The van der Waals surface area contributed by atoms with E-state index in [-0.39, 0.29) is 11.7 Å². The first kappa shape index (κ1) is 20.6. The minimum absolute atomic E-state index is 0.197. The van der Waals surface area contributed by atoms with Gasteiger partial charge in [-0.05, 0) is 42.7 Å². The van der Waals surface area contributed by atoms with Crippen molar-refractivity contribution in [2.24, 2.45) is 0 Å². The Hall–Kier alpha value is -3.18. The maximum Gasteiger partial charge on any atom is 0.246 e. The molecule has 2 N–H and O–H groups in total.